The zero-order valence-electron chi connectivity index (χ0n) is 11.8. The van der Waals surface area contributed by atoms with Crippen LogP contribution < -0.4 is 10.1 Å². The van der Waals surface area contributed by atoms with Crippen LogP contribution in [-0.2, 0) is 0 Å². The maximum absolute atomic E-state index is 11.9. The van der Waals surface area contributed by atoms with Crippen LogP contribution in [0.1, 0.15) is 19.4 Å². The molecule has 1 aromatic carbocycles. The third kappa shape index (κ3) is 4.44. The SMILES string of the molecule is CCOc1ccc(NC(=O)N(CC)CCO)cc1C. The van der Waals surface area contributed by atoms with Crippen molar-refractivity contribution in [2.75, 3.05) is 31.6 Å². The number of benzene rings is 1. The molecular formula is C14H22N2O3. The molecule has 0 spiro atoms. The van der Waals surface area contributed by atoms with Gasteiger partial charge in [0.25, 0.3) is 0 Å². The van der Waals surface area contributed by atoms with Crippen LogP contribution in [0.25, 0.3) is 0 Å². The molecule has 0 atom stereocenters. The second kappa shape index (κ2) is 7.63. The molecule has 0 unspecified atom stereocenters. The second-order valence-corrected chi connectivity index (χ2v) is 4.15. The monoisotopic (exact) mass is 266 g/mol. The molecule has 0 bridgehead atoms. The lowest BCUT2D eigenvalue weighted by atomic mass is 10.2. The molecule has 0 radical (unpaired) electrons. The number of aliphatic hydroxyl groups is 1. The quantitative estimate of drug-likeness (QED) is 0.830. The molecule has 5 nitrogen and oxygen atoms in total. The van der Waals surface area contributed by atoms with E-state index in [1.165, 1.54) is 0 Å². The first kappa shape index (κ1) is 15.3. The summed E-state index contributed by atoms with van der Waals surface area (Å²) in [6.45, 7) is 7.21. The Morgan fingerprint density at radius 3 is 2.68 bits per heavy atom. The number of ether oxygens (including phenoxy) is 1. The largest absolute Gasteiger partial charge is 0.494 e. The maximum atomic E-state index is 11.9. The molecule has 5 heteroatoms. The first-order chi connectivity index (χ1) is 9.12. The molecule has 1 aromatic rings. The van der Waals surface area contributed by atoms with E-state index < -0.39 is 0 Å². The predicted octanol–water partition coefficient (Wildman–Crippen LogP) is 2.24. The molecule has 0 fully saturated rings. The van der Waals surface area contributed by atoms with Crippen LogP contribution in [0.15, 0.2) is 18.2 Å². The molecule has 106 valence electrons. The molecule has 0 aliphatic carbocycles. The third-order valence-electron chi connectivity index (χ3n) is 2.76. The van der Waals surface area contributed by atoms with Gasteiger partial charge in [0.15, 0.2) is 0 Å². The fourth-order valence-electron chi connectivity index (χ4n) is 1.77. The van der Waals surface area contributed by atoms with Gasteiger partial charge < -0.3 is 20.1 Å². The Bertz CT molecular complexity index is 421. The van der Waals surface area contributed by atoms with Crippen LogP contribution in [-0.4, -0.2) is 42.3 Å². The fraction of sp³-hybridized carbons (Fsp3) is 0.500. The van der Waals surface area contributed by atoms with Crippen molar-refractivity contribution in [3.05, 3.63) is 23.8 Å². The van der Waals surface area contributed by atoms with Gasteiger partial charge in [-0.2, -0.15) is 0 Å². The minimum Gasteiger partial charge on any atom is -0.494 e. The van der Waals surface area contributed by atoms with Crippen molar-refractivity contribution in [2.24, 2.45) is 0 Å². The Morgan fingerprint density at radius 2 is 2.16 bits per heavy atom. The fourth-order valence-corrected chi connectivity index (χ4v) is 1.77. The molecule has 19 heavy (non-hydrogen) atoms. The van der Waals surface area contributed by atoms with Gasteiger partial charge in [0.05, 0.1) is 13.2 Å². The van der Waals surface area contributed by atoms with Gasteiger partial charge >= 0.3 is 6.03 Å². The Labute approximate surface area is 114 Å². The number of nitrogens with zero attached hydrogens (tertiary/aromatic N) is 1. The molecule has 1 rings (SSSR count). The first-order valence-corrected chi connectivity index (χ1v) is 6.52. The Hall–Kier alpha value is -1.75. The van der Waals surface area contributed by atoms with E-state index in [-0.39, 0.29) is 12.6 Å². The highest BCUT2D eigenvalue weighted by molar-refractivity contribution is 5.89. The van der Waals surface area contributed by atoms with Gasteiger partial charge in [0.2, 0.25) is 0 Å². The number of urea groups is 1. The number of hydrogen-bond donors (Lipinski definition) is 2. The number of rotatable bonds is 6. The summed E-state index contributed by atoms with van der Waals surface area (Å²) >= 11 is 0. The molecule has 0 saturated carbocycles. The normalized spacial score (nSPS) is 10.1. The van der Waals surface area contributed by atoms with Gasteiger partial charge in [-0.25, -0.2) is 4.79 Å². The summed E-state index contributed by atoms with van der Waals surface area (Å²) in [5.41, 5.74) is 1.70. The number of carbonyl (C=O) groups excluding carboxylic acids is 1. The lowest BCUT2D eigenvalue weighted by Crippen LogP contribution is -2.36. The van der Waals surface area contributed by atoms with E-state index in [0.29, 0.717) is 19.7 Å². The topological polar surface area (TPSA) is 61.8 Å². The van der Waals surface area contributed by atoms with Gasteiger partial charge in [-0.05, 0) is 44.5 Å². The summed E-state index contributed by atoms with van der Waals surface area (Å²) in [6.07, 6.45) is 0. The van der Waals surface area contributed by atoms with Crippen molar-refractivity contribution < 1.29 is 14.6 Å². The molecule has 2 N–H and O–H groups in total. The highest BCUT2D eigenvalue weighted by Crippen LogP contribution is 2.22. The average Bonchev–Trinajstić information content (AvgIpc) is 2.39. The maximum Gasteiger partial charge on any atom is 0.321 e. The van der Waals surface area contributed by atoms with Crippen LogP contribution in [0.4, 0.5) is 10.5 Å². The minimum absolute atomic E-state index is 0.0381. The van der Waals surface area contributed by atoms with Crippen molar-refractivity contribution >= 4 is 11.7 Å². The Kier molecular flexibility index (Phi) is 6.15. The van der Waals surface area contributed by atoms with E-state index in [9.17, 15) is 4.79 Å². The molecule has 0 heterocycles. The molecule has 0 aliphatic rings. The van der Waals surface area contributed by atoms with E-state index in [1.807, 2.05) is 39.0 Å². The number of anilines is 1. The number of aryl methyl sites for hydroxylation is 1. The second-order valence-electron chi connectivity index (χ2n) is 4.15. The van der Waals surface area contributed by atoms with E-state index >= 15 is 0 Å². The van der Waals surface area contributed by atoms with Crippen LogP contribution in [0, 0.1) is 6.92 Å². The number of aliphatic hydroxyl groups excluding tert-OH is 1. The van der Waals surface area contributed by atoms with E-state index in [4.69, 9.17) is 9.84 Å². The van der Waals surface area contributed by atoms with E-state index in [0.717, 1.165) is 17.0 Å². The van der Waals surface area contributed by atoms with Crippen molar-refractivity contribution in [2.45, 2.75) is 20.8 Å². The molecule has 2 amide bonds. The summed E-state index contributed by atoms with van der Waals surface area (Å²) in [5, 5.41) is 11.7. The smallest absolute Gasteiger partial charge is 0.321 e. The van der Waals surface area contributed by atoms with Gasteiger partial charge in [0.1, 0.15) is 5.75 Å². The van der Waals surface area contributed by atoms with Crippen LogP contribution in [0.3, 0.4) is 0 Å². The molecular weight excluding hydrogens is 244 g/mol. The van der Waals surface area contributed by atoms with Crippen molar-refractivity contribution in [3.63, 3.8) is 0 Å². The minimum atomic E-state index is -0.208. The van der Waals surface area contributed by atoms with Crippen molar-refractivity contribution in [3.8, 4) is 5.75 Å². The van der Waals surface area contributed by atoms with Gasteiger partial charge in [-0.15, -0.1) is 0 Å². The Balaban J connectivity index is 2.71. The number of carbonyl (C=O) groups is 1. The molecule has 0 aliphatic heterocycles. The van der Waals surface area contributed by atoms with Crippen LogP contribution >= 0.6 is 0 Å². The third-order valence-corrected chi connectivity index (χ3v) is 2.76. The first-order valence-electron chi connectivity index (χ1n) is 6.52. The number of amides is 2. The number of nitrogens with one attached hydrogen (secondary N) is 1. The van der Waals surface area contributed by atoms with E-state index in [1.54, 1.807) is 4.90 Å². The Morgan fingerprint density at radius 1 is 1.42 bits per heavy atom. The van der Waals surface area contributed by atoms with Crippen LogP contribution in [0.5, 0.6) is 5.75 Å². The predicted molar refractivity (Wildman–Crippen MR) is 75.7 cm³/mol. The zero-order chi connectivity index (χ0) is 14.3. The highest BCUT2D eigenvalue weighted by atomic mass is 16.5. The lowest BCUT2D eigenvalue weighted by Gasteiger charge is -2.20. The highest BCUT2D eigenvalue weighted by Gasteiger charge is 2.11. The number of hydrogen-bond acceptors (Lipinski definition) is 3. The van der Waals surface area contributed by atoms with Crippen molar-refractivity contribution in [1.82, 2.24) is 4.90 Å². The van der Waals surface area contributed by atoms with Gasteiger partial charge in [0, 0.05) is 18.8 Å². The molecule has 0 aromatic heterocycles. The standard InChI is InChI=1S/C14H22N2O3/c1-4-16(8-9-17)14(18)15-12-6-7-13(19-5-2)11(3)10-12/h6-7,10,17H,4-5,8-9H2,1-3H3,(H,15,18). The van der Waals surface area contributed by atoms with Crippen molar-refractivity contribution in [1.29, 1.82) is 0 Å². The zero-order valence-corrected chi connectivity index (χ0v) is 11.8. The van der Waals surface area contributed by atoms with E-state index in [2.05, 4.69) is 5.32 Å². The summed E-state index contributed by atoms with van der Waals surface area (Å²) in [5.74, 6) is 0.822. The van der Waals surface area contributed by atoms with Crippen LogP contribution in [0.2, 0.25) is 0 Å². The number of likely N-dealkylation sites (N-methyl/N-ethyl adjacent to an activating group) is 1. The summed E-state index contributed by atoms with van der Waals surface area (Å²) < 4.78 is 5.45. The summed E-state index contributed by atoms with van der Waals surface area (Å²) in [6, 6.07) is 5.31. The average molecular weight is 266 g/mol. The molecule has 0 saturated heterocycles. The van der Waals surface area contributed by atoms with Gasteiger partial charge in [-0.1, -0.05) is 0 Å². The summed E-state index contributed by atoms with van der Waals surface area (Å²) in [7, 11) is 0. The van der Waals surface area contributed by atoms with Gasteiger partial charge in [-0.3, -0.25) is 0 Å². The lowest BCUT2D eigenvalue weighted by molar-refractivity contribution is 0.192. The summed E-state index contributed by atoms with van der Waals surface area (Å²) in [4.78, 5) is 13.5.